The van der Waals surface area contributed by atoms with Gasteiger partial charge in [0, 0.05) is 37.3 Å². The zero-order valence-electron chi connectivity index (χ0n) is 15.6. The van der Waals surface area contributed by atoms with E-state index in [2.05, 4.69) is 29.2 Å². The second kappa shape index (κ2) is 8.44. The third-order valence-electron chi connectivity index (χ3n) is 5.22. The summed E-state index contributed by atoms with van der Waals surface area (Å²) in [6.07, 6.45) is 1.31. The Balaban J connectivity index is 1.44. The minimum Gasteiger partial charge on any atom is -0.491 e. The van der Waals surface area contributed by atoms with E-state index in [0.29, 0.717) is 26.1 Å². The van der Waals surface area contributed by atoms with Gasteiger partial charge in [0.25, 0.3) is 0 Å². The van der Waals surface area contributed by atoms with Gasteiger partial charge in [0.15, 0.2) is 0 Å². The highest BCUT2D eigenvalue weighted by molar-refractivity contribution is 5.76. The Morgan fingerprint density at radius 2 is 1.78 bits per heavy atom. The summed E-state index contributed by atoms with van der Waals surface area (Å²) in [7, 11) is 0. The van der Waals surface area contributed by atoms with Gasteiger partial charge >= 0.3 is 0 Å². The first kappa shape index (κ1) is 17.9. The topological polar surface area (TPSA) is 42.0 Å². The molecule has 2 aliphatic rings. The lowest BCUT2D eigenvalue weighted by atomic mass is 10.1. The smallest absolute Gasteiger partial charge is 0.223 e. The van der Waals surface area contributed by atoms with Crippen LogP contribution in [0.25, 0.3) is 0 Å². The fraction of sp³-hybridized carbons (Fsp3) is 0.409. The molecule has 0 atom stereocenters. The predicted molar refractivity (Wildman–Crippen MR) is 105 cm³/mol. The first-order valence-electron chi connectivity index (χ1n) is 9.70. The van der Waals surface area contributed by atoms with E-state index < -0.39 is 0 Å². The number of rotatable bonds is 4. The largest absolute Gasteiger partial charge is 0.491 e. The van der Waals surface area contributed by atoms with Crippen molar-refractivity contribution in [2.45, 2.75) is 19.4 Å². The van der Waals surface area contributed by atoms with Gasteiger partial charge in [0.1, 0.15) is 12.4 Å². The van der Waals surface area contributed by atoms with Gasteiger partial charge in [-0.25, -0.2) is 0 Å². The molecule has 142 valence electrons. The average Bonchev–Trinajstić information content (AvgIpc) is 2.95. The number of carbonyl (C=O) groups excluding carboxylic acids is 1. The molecule has 2 heterocycles. The number of morpholine rings is 1. The van der Waals surface area contributed by atoms with E-state index in [-0.39, 0.29) is 5.91 Å². The Morgan fingerprint density at radius 1 is 0.963 bits per heavy atom. The number of nitrogens with zero attached hydrogens (tertiary/aromatic N) is 2. The second-order valence-corrected chi connectivity index (χ2v) is 7.04. The van der Waals surface area contributed by atoms with Crippen LogP contribution in [0.5, 0.6) is 5.75 Å². The Bertz CT molecular complexity index is 772. The van der Waals surface area contributed by atoms with Gasteiger partial charge in [-0.2, -0.15) is 0 Å². The summed E-state index contributed by atoms with van der Waals surface area (Å²) < 4.78 is 11.3. The molecule has 5 heteroatoms. The van der Waals surface area contributed by atoms with E-state index in [1.54, 1.807) is 0 Å². The molecule has 2 aromatic rings. The van der Waals surface area contributed by atoms with Gasteiger partial charge < -0.3 is 19.3 Å². The molecule has 0 unspecified atom stereocenters. The molecule has 0 aliphatic carbocycles. The fourth-order valence-electron chi connectivity index (χ4n) is 3.67. The maximum atomic E-state index is 12.8. The minimum absolute atomic E-state index is 0.187. The van der Waals surface area contributed by atoms with Crippen LogP contribution in [0.1, 0.15) is 17.5 Å². The summed E-state index contributed by atoms with van der Waals surface area (Å²) in [5, 5.41) is 0. The highest BCUT2D eigenvalue weighted by atomic mass is 16.5. The number of amides is 1. The summed E-state index contributed by atoms with van der Waals surface area (Å²) >= 11 is 0. The third kappa shape index (κ3) is 4.42. The van der Waals surface area contributed by atoms with Crippen LogP contribution in [0.2, 0.25) is 0 Å². The lowest BCUT2D eigenvalue weighted by Crippen LogP contribution is -2.36. The van der Waals surface area contributed by atoms with Crippen molar-refractivity contribution in [3.8, 4) is 5.75 Å². The first-order chi connectivity index (χ1) is 13.3. The molecule has 27 heavy (non-hydrogen) atoms. The molecule has 0 aromatic heterocycles. The molecule has 1 amide bonds. The van der Waals surface area contributed by atoms with Gasteiger partial charge in [0.2, 0.25) is 5.91 Å². The van der Waals surface area contributed by atoms with Crippen molar-refractivity contribution >= 4 is 11.6 Å². The molecule has 0 saturated carbocycles. The number of anilines is 1. The molecular weight excluding hydrogens is 340 g/mol. The lowest BCUT2D eigenvalue weighted by molar-refractivity contribution is -0.131. The van der Waals surface area contributed by atoms with Crippen molar-refractivity contribution in [3.63, 3.8) is 0 Å². The van der Waals surface area contributed by atoms with Crippen molar-refractivity contribution in [1.82, 2.24) is 4.90 Å². The molecule has 4 rings (SSSR count). The molecule has 1 fully saturated rings. The predicted octanol–water partition coefficient (Wildman–Crippen LogP) is 2.88. The van der Waals surface area contributed by atoms with Crippen LogP contribution >= 0.6 is 0 Å². The van der Waals surface area contributed by atoms with Crippen LogP contribution < -0.4 is 9.64 Å². The van der Waals surface area contributed by atoms with Crippen molar-refractivity contribution in [1.29, 1.82) is 0 Å². The summed E-state index contributed by atoms with van der Waals surface area (Å²) in [5.41, 5.74) is 3.47. The van der Waals surface area contributed by atoms with Crippen LogP contribution in [-0.2, 0) is 22.5 Å². The maximum absolute atomic E-state index is 12.8. The van der Waals surface area contributed by atoms with Crippen molar-refractivity contribution < 1.29 is 14.3 Å². The Morgan fingerprint density at radius 3 is 2.59 bits per heavy atom. The highest BCUT2D eigenvalue weighted by Crippen LogP contribution is 2.29. The number of hydrogen-bond acceptors (Lipinski definition) is 4. The molecule has 0 radical (unpaired) electrons. The maximum Gasteiger partial charge on any atom is 0.223 e. The van der Waals surface area contributed by atoms with E-state index in [1.807, 2.05) is 29.2 Å². The zero-order valence-corrected chi connectivity index (χ0v) is 15.6. The molecule has 5 nitrogen and oxygen atoms in total. The van der Waals surface area contributed by atoms with Gasteiger partial charge in [-0.15, -0.1) is 0 Å². The van der Waals surface area contributed by atoms with Crippen molar-refractivity contribution in [2.24, 2.45) is 0 Å². The van der Waals surface area contributed by atoms with Crippen LogP contribution in [0.15, 0.2) is 48.5 Å². The normalized spacial score (nSPS) is 17.0. The standard InChI is InChI=1S/C22H26N2O3/c25-22(9-6-18-4-2-1-3-5-18)24-12-15-27-21-8-7-20(16-19(21)17-24)23-10-13-26-14-11-23/h1-5,7-8,16H,6,9-15,17H2. The average molecular weight is 366 g/mol. The number of carbonyl (C=O) groups is 1. The molecule has 0 N–H and O–H groups in total. The number of benzene rings is 2. The van der Waals surface area contributed by atoms with Gasteiger partial charge in [-0.1, -0.05) is 30.3 Å². The molecular formula is C22H26N2O3. The van der Waals surface area contributed by atoms with Gasteiger partial charge in [-0.05, 0) is 30.2 Å². The summed E-state index contributed by atoms with van der Waals surface area (Å²) in [5.74, 6) is 1.08. The van der Waals surface area contributed by atoms with E-state index >= 15 is 0 Å². The second-order valence-electron chi connectivity index (χ2n) is 7.04. The van der Waals surface area contributed by atoms with Crippen LogP contribution in [0.4, 0.5) is 5.69 Å². The number of fused-ring (bicyclic) bond motifs is 1. The molecule has 2 aliphatic heterocycles. The number of hydrogen-bond donors (Lipinski definition) is 0. The monoisotopic (exact) mass is 366 g/mol. The Hall–Kier alpha value is -2.53. The van der Waals surface area contributed by atoms with E-state index in [9.17, 15) is 4.79 Å². The molecule has 2 aromatic carbocycles. The van der Waals surface area contributed by atoms with Crippen LogP contribution in [-0.4, -0.2) is 50.3 Å². The Kier molecular flexibility index (Phi) is 5.58. The summed E-state index contributed by atoms with van der Waals surface area (Å²) in [4.78, 5) is 17.0. The molecule has 0 spiro atoms. The van der Waals surface area contributed by atoms with E-state index in [0.717, 1.165) is 44.0 Å². The Labute approximate surface area is 160 Å². The minimum atomic E-state index is 0.187. The van der Waals surface area contributed by atoms with E-state index in [4.69, 9.17) is 9.47 Å². The molecule has 0 bridgehead atoms. The van der Waals surface area contributed by atoms with Gasteiger partial charge in [-0.3, -0.25) is 4.79 Å². The highest BCUT2D eigenvalue weighted by Gasteiger charge is 2.21. The van der Waals surface area contributed by atoms with Crippen molar-refractivity contribution in [2.75, 3.05) is 44.4 Å². The summed E-state index contributed by atoms with van der Waals surface area (Å²) in [6.45, 7) is 5.12. The van der Waals surface area contributed by atoms with Crippen LogP contribution in [0.3, 0.4) is 0 Å². The van der Waals surface area contributed by atoms with E-state index in [1.165, 1.54) is 11.3 Å². The number of ether oxygens (including phenoxy) is 2. The quantitative estimate of drug-likeness (QED) is 0.834. The first-order valence-corrected chi connectivity index (χ1v) is 9.70. The summed E-state index contributed by atoms with van der Waals surface area (Å²) in [6, 6.07) is 16.5. The van der Waals surface area contributed by atoms with Crippen molar-refractivity contribution in [3.05, 3.63) is 59.7 Å². The van der Waals surface area contributed by atoms with Crippen LogP contribution in [0, 0.1) is 0 Å². The van der Waals surface area contributed by atoms with Gasteiger partial charge in [0.05, 0.1) is 19.8 Å². The lowest BCUT2D eigenvalue weighted by Gasteiger charge is -2.29. The fourth-order valence-corrected chi connectivity index (χ4v) is 3.67. The zero-order chi connectivity index (χ0) is 18.5. The number of aryl methyl sites for hydroxylation is 1. The third-order valence-corrected chi connectivity index (χ3v) is 5.22. The SMILES string of the molecule is O=C(CCc1ccccc1)N1CCOc2ccc(N3CCOCC3)cc2C1. The molecule has 1 saturated heterocycles.